The van der Waals surface area contributed by atoms with E-state index < -0.39 is 0 Å². The van der Waals surface area contributed by atoms with Crippen molar-refractivity contribution in [2.24, 2.45) is 0 Å². The third-order valence-corrected chi connectivity index (χ3v) is 2.52. The molecule has 0 fully saturated rings. The van der Waals surface area contributed by atoms with Gasteiger partial charge in [0.1, 0.15) is 5.75 Å². The summed E-state index contributed by atoms with van der Waals surface area (Å²) in [6.07, 6.45) is 1.84. The van der Waals surface area contributed by atoms with Gasteiger partial charge in [-0.05, 0) is 35.9 Å². The summed E-state index contributed by atoms with van der Waals surface area (Å²) in [4.78, 5) is 4.40. The van der Waals surface area contributed by atoms with Gasteiger partial charge in [0.2, 0.25) is 0 Å². The standard InChI is InChI=1S/C14H15NO2/c1-16-10-11-3-8-14(15-9-11)12-4-6-13(17-2)7-5-12/h3-9H,10H2,1-2H3. The van der Waals surface area contributed by atoms with Gasteiger partial charge >= 0.3 is 0 Å². The minimum absolute atomic E-state index is 0.593. The molecule has 0 amide bonds. The van der Waals surface area contributed by atoms with E-state index in [4.69, 9.17) is 9.47 Å². The fraction of sp³-hybridized carbons (Fsp3) is 0.214. The molecule has 2 rings (SSSR count). The molecule has 1 heterocycles. The maximum Gasteiger partial charge on any atom is 0.118 e. The van der Waals surface area contributed by atoms with Gasteiger partial charge in [0.15, 0.2) is 0 Å². The molecule has 3 heteroatoms. The highest BCUT2D eigenvalue weighted by molar-refractivity contribution is 5.60. The Hall–Kier alpha value is -1.87. The Morgan fingerprint density at radius 2 is 1.76 bits per heavy atom. The Kier molecular flexibility index (Phi) is 3.73. The van der Waals surface area contributed by atoms with Crippen LogP contribution in [-0.2, 0) is 11.3 Å². The third kappa shape index (κ3) is 2.82. The normalized spacial score (nSPS) is 10.2. The van der Waals surface area contributed by atoms with Crippen molar-refractivity contribution in [3.63, 3.8) is 0 Å². The predicted molar refractivity (Wildman–Crippen MR) is 66.9 cm³/mol. The van der Waals surface area contributed by atoms with Crippen molar-refractivity contribution in [2.45, 2.75) is 6.61 Å². The Balaban J connectivity index is 2.20. The summed E-state index contributed by atoms with van der Waals surface area (Å²) in [5.41, 5.74) is 3.10. The van der Waals surface area contributed by atoms with Gasteiger partial charge in [-0.1, -0.05) is 6.07 Å². The average Bonchev–Trinajstić information content (AvgIpc) is 2.40. The summed E-state index contributed by atoms with van der Waals surface area (Å²) in [6.45, 7) is 0.593. The first-order valence-electron chi connectivity index (χ1n) is 5.42. The summed E-state index contributed by atoms with van der Waals surface area (Å²) < 4.78 is 10.2. The molecule has 1 aromatic carbocycles. The highest BCUT2D eigenvalue weighted by atomic mass is 16.5. The lowest BCUT2D eigenvalue weighted by atomic mass is 10.1. The molecule has 0 aliphatic rings. The maximum atomic E-state index is 5.12. The Morgan fingerprint density at radius 3 is 2.29 bits per heavy atom. The zero-order valence-corrected chi connectivity index (χ0v) is 10.0. The van der Waals surface area contributed by atoms with Gasteiger partial charge in [0, 0.05) is 18.9 Å². The summed E-state index contributed by atoms with van der Waals surface area (Å²) in [5, 5.41) is 0. The van der Waals surface area contributed by atoms with E-state index in [0.717, 1.165) is 22.6 Å². The number of methoxy groups -OCH3 is 2. The molecule has 0 N–H and O–H groups in total. The molecule has 0 saturated carbocycles. The van der Waals surface area contributed by atoms with E-state index in [0.29, 0.717) is 6.61 Å². The van der Waals surface area contributed by atoms with Crippen LogP contribution < -0.4 is 4.74 Å². The van der Waals surface area contributed by atoms with E-state index in [1.165, 1.54) is 0 Å². The summed E-state index contributed by atoms with van der Waals surface area (Å²) in [6, 6.07) is 11.9. The van der Waals surface area contributed by atoms with Gasteiger partial charge in [-0.25, -0.2) is 0 Å². The first-order valence-corrected chi connectivity index (χ1v) is 5.42. The van der Waals surface area contributed by atoms with E-state index in [1.807, 2.05) is 42.6 Å². The zero-order valence-electron chi connectivity index (χ0n) is 10.0. The van der Waals surface area contributed by atoms with Crippen LogP contribution >= 0.6 is 0 Å². The van der Waals surface area contributed by atoms with Crippen molar-refractivity contribution in [3.05, 3.63) is 48.2 Å². The molecule has 17 heavy (non-hydrogen) atoms. The van der Waals surface area contributed by atoms with E-state index in [9.17, 15) is 0 Å². The molecule has 0 unspecified atom stereocenters. The summed E-state index contributed by atoms with van der Waals surface area (Å²) in [5.74, 6) is 0.852. The Morgan fingerprint density at radius 1 is 1.00 bits per heavy atom. The van der Waals surface area contributed by atoms with Gasteiger partial charge in [-0.2, -0.15) is 0 Å². The number of hydrogen-bond donors (Lipinski definition) is 0. The molecule has 0 radical (unpaired) electrons. The van der Waals surface area contributed by atoms with Crippen molar-refractivity contribution < 1.29 is 9.47 Å². The van der Waals surface area contributed by atoms with Gasteiger partial charge in [0.25, 0.3) is 0 Å². The summed E-state index contributed by atoms with van der Waals surface area (Å²) in [7, 11) is 3.34. The highest BCUT2D eigenvalue weighted by Gasteiger charge is 2.00. The van der Waals surface area contributed by atoms with Crippen LogP contribution in [0, 0.1) is 0 Å². The minimum Gasteiger partial charge on any atom is -0.497 e. The van der Waals surface area contributed by atoms with Crippen molar-refractivity contribution in [1.82, 2.24) is 4.98 Å². The van der Waals surface area contributed by atoms with Crippen LogP contribution in [0.4, 0.5) is 0 Å². The van der Waals surface area contributed by atoms with Crippen molar-refractivity contribution >= 4 is 0 Å². The smallest absolute Gasteiger partial charge is 0.118 e. The lowest BCUT2D eigenvalue weighted by Gasteiger charge is -2.04. The molecular weight excluding hydrogens is 214 g/mol. The topological polar surface area (TPSA) is 31.4 Å². The second-order valence-corrected chi connectivity index (χ2v) is 3.71. The number of rotatable bonds is 4. The first-order chi connectivity index (χ1) is 8.33. The van der Waals surface area contributed by atoms with E-state index in [2.05, 4.69) is 4.98 Å². The quantitative estimate of drug-likeness (QED) is 0.807. The van der Waals surface area contributed by atoms with Gasteiger partial charge in [-0.3, -0.25) is 4.98 Å². The number of aromatic nitrogens is 1. The molecule has 0 bridgehead atoms. The third-order valence-electron chi connectivity index (χ3n) is 2.52. The molecule has 1 aromatic heterocycles. The molecule has 2 aromatic rings. The molecule has 0 atom stereocenters. The van der Waals surface area contributed by atoms with E-state index >= 15 is 0 Å². The van der Waals surface area contributed by atoms with Crippen molar-refractivity contribution in [1.29, 1.82) is 0 Å². The Labute approximate surface area is 101 Å². The molecule has 0 aliphatic heterocycles. The second kappa shape index (κ2) is 5.46. The zero-order chi connectivity index (χ0) is 12.1. The van der Waals surface area contributed by atoms with Crippen LogP contribution in [0.1, 0.15) is 5.56 Å². The first kappa shape index (κ1) is 11.6. The van der Waals surface area contributed by atoms with Crippen molar-refractivity contribution in [3.8, 4) is 17.0 Å². The largest absolute Gasteiger partial charge is 0.497 e. The van der Waals surface area contributed by atoms with Gasteiger partial charge in [0.05, 0.1) is 19.4 Å². The number of benzene rings is 1. The fourth-order valence-electron chi connectivity index (χ4n) is 1.61. The Bertz CT molecular complexity index is 463. The van der Waals surface area contributed by atoms with E-state index in [1.54, 1.807) is 14.2 Å². The molecule has 0 aliphatic carbocycles. The summed E-state index contributed by atoms with van der Waals surface area (Å²) >= 11 is 0. The van der Waals surface area contributed by atoms with Crippen LogP contribution in [0.5, 0.6) is 5.75 Å². The number of pyridine rings is 1. The molecule has 3 nitrogen and oxygen atoms in total. The number of nitrogens with zero attached hydrogens (tertiary/aromatic N) is 1. The average molecular weight is 229 g/mol. The van der Waals surface area contributed by atoms with Gasteiger partial charge < -0.3 is 9.47 Å². The number of hydrogen-bond acceptors (Lipinski definition) is 3. The predicted octanol–water partition coefficient (Wildman–Crippen LogP) is 2.90. The molecule has 88 valence electrons. The van der Waals surface area contributed by atoms with Crippen LogP contribution in [0.15, 0.2) is 42.6 Å². The monoisotopic (exact) mass is 229 g/mol. The molecular formula is C14H15NO2. The lowest BCUT2D eigenvalue weighted by Crippen LogP contribution is -1.90. The fourth-order valence-corrected chi connectivity index (χ4v) is 1.61. The van der Waals surface area contributed by atoms with Crippen LogP contribution in [0.25, 0.3) is 11.3 Å². The van der Waals surface area contributed by atoms with Crippen LogP contribution in [0.2, 0.25) is 0 Å². The van der Waals surface area contributed by atoms with Crippen molar-refractivity contribution in [2.75, 3.05) is 14.2 Å². The van der Waals surface area contributed by atoms with Crippen LogP contribution in [-0.4, -0.2) is 19.2 Å². The molecule has 0 saturated heterocycles. The van der Waals surface area contributed by atoms with E-state index in [-0.39, 0.29) is 0 Å². The lowest BCUT2D eigenvalue weighted by molar-refractivity contribution is 0.184. The highest BCUT2D eigenvalue weighted by Crippen LogP contribution is 2.20. The maximum absolute atomic E-state index is 5.12. The van der Waals surface area contributed by atoms with Crippen LogP contribution in [0.3, 0.4) is 0 Å². The minimum atomic E-state index is 0.593. The molecule has 0 spiro atoms. The second-order valence-electron chi connectivity index (χ2n) is 3.71. The number of ether oxygens (including phenoxy) is 2. The van der Waals surface area contributed by atoms with Gasteiger partial charge in [-0.15, -0.1) is 0 Å². The SMILES string of the molecule is COCc1ccc(-c2ccc(OC)cc2)nc1.